The van der Waals surface area contributed by atoms with Crippen molar-refractivity contribution in [3.63, 3.8) is 0 Å². The van der Waals surface area contributed by atoms with Gasteiger partial charge in [0.05, 0.1) is 17.2 Å². The summed E-state index contributed by atoms with van der Waals surface area (Å²) < 4.78 is 11.0. The Morgan fingerprint density at radius 1 is 1.22 bits per heavy atom. The number of ether oxygens (including phenoxy) is 2. The zero-order valence-corrected chi connectivity index (χ0v) is 19.0. The largest absolute Gasteiger partial charge is 0.457 e. The molecular weight excluding hydrogens is 414 g/mol. The van der Waals surface area contributed by atoms with Crippen LogP contribution in [-0.4, -0.2) is 53.2 Å². The lowest BCUT2D eigenvalue weighted by Crippen LogP contribution is -2.56. The second-order valence-corrected chi connectivity index (χ2v) is 9.10. The highest BCUT2D eigenvalue weighted by Crippen LogP contribution is 2.52. The summed E-state index contributed by atoms with van der Waals surface area (Å²) in [4.78, 5) is 51.7. The molecule has 2 saturated heterocycles. The van der Waals surface area contributed by atoms with Gasteiger partial charge in [0.1, 0.15) is 6.61 Å². The van der Waals surface area contributed by atoms with Crippen LogP contribution in [0.3, 0.4) is 0 Å². The lowest BCUT2D eigenvalue weighted by Gasteiger charge is -2.35. The minimum atomic E-state index is -1.28. The number of unbranched alkanes of at least 4 members (excludes halogenated alkanes) is 2. The Balaban J connectivity index is 2.10. The molecule has 2 aliphatic rings. The molecule has 0 radical (unpaired) electrons. The molecule has 2 fully saturated rings. The van der Waals surface area contributed by atoms with Crippen LogP contribution in [0.15, 0.2) is 24.3 Å². The SMILES string of the molecule is CCCCC[C@@H]1N(C(=O)c2ccccc2C(N)=O)[C@@]12NC(=O)OCC(C)(C)[C@@H]2OC(C)=O. The van der Waals surface area contributed by atoms with E-state index in [0.717, 1.165) is 19.3 Å². The van der Waals surface area contributed by atoms with Gasteiger partial charge in [-0.05, 0) is 18.6 Å². The van der Waals surface area contributed by atoms with Gasteiger partial charge in [0.2, 0.25) is 5.91 Å². The first-order chi connectivity index (χ1) is 15.1. The van der Waals surface area contributed by atoms with E-state index < -0.39 is 47.1 Å². The Kier molecular flexibility index (Phi) is 6.48. The van der Waals surface area contributed by atoms with E-state index in [9.17, 15) is 19.2 Å². The van der Waals surface area contributed by atoms with E-state index in [1.165, 1.54) is 24.0 Å². The number of cyclic esters (lactones) is 1. The van der Waals surface area contributed by atoms with Crippen LogP contribution in [0.4, 0.5) is 4.79 Å². The van der Waals surface area contributed by atoms with Gasteiger partial charge in [-0.3, -0.25) is 19.7 Å². The van der Waals surface area contributed by atoms with Gasteiger partial charge in [-0.15, -0.1) is 0 Å². The first kappa shape index (κ1) is 23.6. The number of carbonyl (C=O) groups excluding carboxylic acids is 4. The van der Waals surface area contributed by atoms with Crippen molar-refractivity contribution in [1.29, 1.82) is 0 Å². The molecule has 9 heteroatoms. The summed E-state index contributed by atoms with van der Waals surface area (Å²) >= 11 is 0. The molecule has 174 valence electrons. The van der Waals surface area contributed by atoms with Crippen molar-refractivity contribution >= 4 is 23.9 Å². The van der Waals surface area contributed by atoms with Crippen molar-refractivity contribution in [2.75, 3.05) is 6.61 Å². The van der Waals surface area contributed by atoms with E-state index in [0.29, 0.717) is 6.42 Å². The third-order valence-corrected chi connectivity index (χ3v) is 6.14. The van der Waals surface area contributed by atoms with Crippen molar-refractivity contribution < 1.29 is 28.7 Å². The minimum absolute atomic E-state index is 0.0140. The number of benzene rings is 1. The summed E-state index contributed by atoms with van der Waals surface area (Å²) in [6, 6.07) is 5.85. The number of nitrogens with zero attached hydrogens (tertiary/aromatic N) is 1. The Morgan fingerprint density at radius 2 is 1.88 bits per heavy atom. The summed E-state index contributed by atoms with van der Waals surface area (Å²) in [5, 5.41) is 2.82. The van der Waals surface area contributed by atoms with Gasteiger partial charge in [-0.2, -0.15) is 0 Å². The zero-order chi connectivity index (χ0) is 23.7. The topological polar surface area (TPSA) is 128 Å². The molecule has 3 atom stereocenters. The molecule has 3 N–H and O–H groups in total. The minimum Gasteiger partial charge on any atom is -0.457 e. The highest BCUT2D eigenvalue weighted by atomic mass is 16.6. The van der Waals surface area contributed by atoms with Gasteiger partial charge < -0.3 is 20.1 Å². The van der Waals surface area contributed by atoms with E-state index in [2.05, 4.69) is 12.2 Å². The molecule has 3 rings (SSSR count). The predicted molar refractivity (Wildman–Crippen MR) is 116 cm³/mol. The maximum atomic E-state index is 13.7. The molecule has 1 spiro atoms. The molecule has 32 heavy (non-hydrogen) atoms. The Hall–Kier alpha value is -3.10. The predicted octanol–water partition coefficient (Wildman–Crippen LogP) is 2.58. The summed E-state index contributed by atoms with van der Waals surface area (Å²) in [5.74, 6) is -1.71. The maximum absolute atomic E-state index is 13.7. The standard InChI is InChI=1S/C23H31N3O6/c1-5-6-7-12-17-23(20(32-14(2)27)22(3,4)13-31-21(30)25-23)26(17)19(29)16-11-9-8-10-15(16)18(24)28/h8-11,17,20H,5-7,12-13H2,1-4H3,(H2,24,28)(H,25,30)/t17-,20-,23-,26?/m0/s1. The van der Waals surface area contributed by atoms with Crippen LogP contribution in [0, 0.1) is 5.41 Å². The number of esters is 1. The van der Waals surface area contributed by atoms with Crippen molar-refractivity contribution in [2.45, 2.75) is 71.2 Å². The van der Waals surface area contributed by atoms with Crippen LogP contribution >= 0.6 is 0 Å². The lowest BCUT2D eigenvalue weighted by atomic mass is 9.81. The summed E-state index contributed by atoms with van der Waals surface area (Å²) in [5.41, 5.74) is 3.66. The maximum Gasteiger partial charge on any atom is 0.409 e. The van der Waals surface area contributed by atoms with Crippen LogP contribution in [0.25, 0.3) is 0 Å². The lowest BCUT2D eigenvalue weighted by molar-refractivity contribution is -0.157. The van der Waals surface area contributed by atoms with E-state index in [1.54, 1.807) is 12.1 Å². The van der Waals surface area contributed by atoms with Gasteiger partial charge in [-0.25, -0.2) is 4.79 Å². The van der Waals surface area contributed by atoms with E-state index in [1.807, 2.05) is 13.8 Å². The number of primary amides is 1. The Morgan fingerprint density at radius 3 is 2.47 bits per heavy atom. The molecule has 0 unspecified atom stereocenters. The van der Waals surface area contributed by atoms with Crippen molar-refractivity contribution in [1.82, 2.24) is 10.2 Å². The smallest absolute Gasteiger partial charge is 0.409 e. The monoisotopic (exact) mass is 445 g/mol. The number of rotatable bonds is 7. The summed E-state index contributed by atoms with van der Waals surface area (Å²) in [6.07, 6.45) is 1.79. The second-order valence-electron chi connectivity index (χ2n) is 9.10. The highest BCUT2D eigenvalue weighted by molar-refractivity contribution is 6.08. The molecule has 2 heterocycles. The van der Waals surface area contributed by atoms with Gasteiger partial charge in [0.15, 0.2) is 11.8 Å². The van der Waals surface area contributed by atoms with Crippen LogP contribution in [0.5, 0.6) is 0 Å². The molecule has 2 aliphatic heterocycles. The van der Waals surface area contributed by atoms with E-state index in [-0.39, 0.29) is 17.7 Å². The number of nitrogens with two attached hydrogens (primary N) is 1. The summed E-state index contributed by atoms with van der Waals surface area (Å²) in [6.45, 7) is 7.02. The fourth-order valence-corrected chi connectivity index (χ4v) is 4.67. The van der Waals surface area contributed by atoms with Crippen molar-refractivity contribution in [3.8, 4) is 0 Å². The number of hydrogen-bond acceptors (Lipinski definition) is 6. The molecule has 3 amide bonds. The molecule has 1 aromatic carbocycles. The average molecular weight is 446 g/mol. The van der Waals surface area contributed by atoms with Crippen LogP contribution in [0.1, 0.15) is 74.1 Å². The first-order valence-electron chi connectivity index (χ1n) is 10.9. The molecule has 9 nitrogen and oxygen atoms in total. The Bertz CT molecular complexity index is 930. The summed E-state index contributed by atoms with van der Waals surface area (Å²) in [7, 11) is 0. The van der Waals surface area contributed by atoms with E-state index in [4.69, 9.17) is 15.2 Å². The zero-order valence-electron chi connectivity index (χ0n) is 19.0. The number of amides is 3. The van der Waals surface area contributed by atoms with E-state index >= 15 is 0 Å². The molecular formula is C23H31N3O6. The Labute approximate surface area is 187 Å². The van der Waals surface area contributed by atoms with Crippen LogP contribution in [0.2, 0.25) is 0 Å². The number of hydrogen-bond donors (Lipinski definition) is 2. The van der Waals surface area contributed by atoms with Crippen molar-refractivity contribution in [2.24, 2.45) is 11.1 Å². The van der Waals surface area contributed by atoms with Gasteiger partial charge in [0, 0.05) is 12.3 Å². The molecule has 0 saturated carbocycles. The van der Waals surface area contributed by atoms with Gasteiger partial charge in [0.25, 0.3) is 5.91 Å². The molecule has 0 aliphatic carbocycles. The molecule has 0 bridgehead atoms. The molecule has 1 aromatic rings. The van der Waals surface area contributed by atoms with Crippen molar-refractivity contribution in [3.05, 3.63) is 35.4 Å². The number of alkyl carbamates (subject to hydrolysis) is 1. The van der Waals surface area contributed by atoms with Gasteiger partial charge in [-0.1, -0.05) is 52.2 Å². The van der Waals surface area contributed by atoms with Gasteiger partial charge >= 0.3 is 12.1 Å². The number of nitrogens with one attached hydrogen (secondary N) is 1. The quantitative estimate of drug-likeness (QED) is 0.377. The van der Waals surface area contributed by atoms with Crippen LogP contribution in [-0.2, 0) is 14.3 Å². The fourth-order valence-electron chi connectivity index (χ4n) is 4.67. The van der Waals surface area contributed by atoms with Crippen LogP contribution < -0.4 is 11.1 Å². The first-order valence-corrected chi connectivity index (χ1v) is 10.9. The highest BCUT2D eigenvalue weighted by Gasteiger charge is 2.74. The number of carbonyl (C=O) groups is 4. The normalized spacial score (nSPS) is 26.0. The second kappa shape index (κ2) is 8.80. The fraction of sp³-hybridized carbons (Fsp3) is 0.565. The third-order valence-electron chi connectivity index (χ3n) is 6.14. The third kappa shape index (κ3) is 4.16. The molecule has 0 aromatic heterocycles. The average Bonchev–Trinajstić information content (AvgIpc) is 3.38.